The summed E-state index contributed by atoms with van der Waals surface area (Å²) in [5, 5.41) is 9.57. The van der Waals surface area contributed by atoms with E-state index in [0.717, 1.165) is 56.1 Å². The third-order valence-electron chi connectivity index (χ3n) is 5.88. The van der Waals surface area contributed by atoms with Gasteiger partial charge in [-0.25, -0.2) is 9.97 Å². The third-order valence-corrected chi connectivity index (χ3v) is 5.88. The standard InChI is InChI=1S/C25H30N4O/c1-20-7-5-6-10-24(20)25-26-15-22(16-27-25)17-28-12-13-29(23(19-28)11-14-30)18-21-8-3-2-4-9-21/h2-10,15-16,23,30H,11-14,17-19H2,1H3/t23-/m0/s1. The molecule has 1 N–H and O–H groups in total. The van der Waals surface area contributed by atoms with E-state index >= 15 is 0 Å². The molecule has 30 heavy (non-hydrogen) atoms. The Morgan fingerprint density at radius 2 is 1.63 bits per heavy atom. The summed E-state index contributed by atoms with van der Waals surface area (Å²) in [6.45, 7) is 7.05. The lowest BCUT2D eigenvalue weighted by Crippen LogP contribution is -2.52. The third kappa shape index (κ3) is 5.11. The van der Waals surface area contributed by atoms with Crippen molar-refractivity contribution in [2.24, 2.45) is 0 Å². The molecule has 1 aromatic heterocycles. The Bertz CT molecular complexity index is 929. The van der Waals surface area contributed by atoms with Crippen molar-refractivity contribution in [3.8, 4) is 11.4 Å². The van der Waals surface area contributed by atoms with Crippen LogP contribution in [0.15, 0.2) is 67.0 Å². The van der Waals surface area contributed by atoms with Crippen molar-refractivity contribution in [2.75, 3.05) is 26.2 Å². The number of aliphatic hydroxyl groups is 1. The van der Waals surface area contributed by atoms with Crippen molar-refractivity contribution in [3.05, 3.63) is 83.7 Å². The van der Waals surface area contributed by atoms with Gasteiger partial charge in [-0.05, 0) is 24.5 Å². The molecule has 0 unspecified atom stereocenters. The van der Waals surface area contributed by atoms with Crippen LogP contribution in [0.5, 0.6) is 0 Å². The highest BCUT2D eigenvalue weighted by Crippen LogP contribution is 2.21. The molecule has 0 bridgehead atoms. The second kappa shape index (κ2) is 9.94. The Hall–Kier alpha value is -2.60. The van der Waals surface area contributed by atoms with Gasteiger partial charge in [0.25, 0.3) is 0 Å². The number of rotatable bonds is 7. The van der Waals surface area contributed by atoms with Gasteiger partial charge in [0.1, 0.15) is 0 Å². The van der Waals surface area contributed by atoms with Crippen LogP contribution >= 0.6 is 0 Å². The molecule has 0 spiro atoms. The van der Waals surface area contributed by atoms with Gasteiger partial charge >= 0.3 is 0 Å². The topological polar surface area (TPSA) is 52.5 Å². The molecule has 4 rings (SSSR count). The number of nitrogens with zero attached hydrogens (tertiary/aromatic N) is 4. The van der Waals surface area contributed by atoms with Crippen LogP contribution in [-0.4, -0.2) is 57.2 Å². The Morgan fingerprint density at radius 1 is 0.900 bits per heavy atom. The highest BCUT2D eigenvalue weighted by molar-refractivity contribution is 5.59. The van der Waals surface area contributed by atoms with E-state index in [1.54, 1.807) is 0 Å². The number of aryl methyl sites for hydroxylation is 1. The number of hydrogen-bond donors (Lipinski definition) is 1. The molecule has 0 radical (unpaired) electrons. The quantitative estimate of drug-likeness (QED) is 0.655. The Labute approximate surface area is 179 Å². The minimum Gasteiger partial charge on any atom is -0.396 e. The molecule has 1 aliphatic heterocycles. The van der Waals surface area contributed by atoms with E-state index in [1.165, 1.54) is 11.1 Å². The maximum atomic E-state index is 9.57. The van der Waals surface area contributed by atoms with E-state index in [1.807, 2.05) is 24.5 Å². The van der Waals surface area contributed by atoms with E-state index in [0.29, 0.717) is 6.04 Å². The Balaban J connectivity index is 1.39. The molecule has 3 aromatic rings. The molecule has 0 amide bonds. The average molecular weight is 403 g/mol. The predicted octanol–water partition coefficient (Wildman–Crippen LogP) is 3.52. The van der Waals surface area contributed by atoms with Crippen LogP contribution in [0.4, 0.5) is 0 Å². The van der Waals surface area contributed by atoms with Crippen LogP contribution in [0, 0.1) is 6.92 Å². The smallest absolute Gasteiger partial charge is 0.159 e. The summed E-state index contributed by atoms with van der Waals surface area (Å²) < 4.78 is 0. The first-order valence-corrected chi connectivity index (χ1v) is 10.7. The zero-order chi connectivity index (χ0) is 20.8. The summed E-state index contributed by atoms with van der Waals surface area (Å²) >= 11 is 0. The summed E-state index contributed by atoms with van der Waals surface area (Å²) in [6.07, 6.45) is 4.70. The van der Waals surface area contributed by atoms with Crippen molar-refractivity contribution >= 4 is 0 Å². The summed E-state index contributed by atoms with van der Waals surface area (Å²) in [4.78, 5) is 14.2. The van der Waals surface area contributed by atoms with E-state index in [9.17, 15) is 5.11 Å². The van der Waals surface area contributed by atoms with E-state index < -0.39 is 0 Å². The largest absolute Gasteiger partial charge is 0.396 e. The second-order valence-corrected chi connectivity index (χ2v) is 8.09. The van der Waals surface area contributed by atoms with Gasteiger partial charge in [-0.2, -0.15) is 0 Å². The minimum absolute atomic E-state index is 0.220. The van der Waals surface area contributed by atoms with E-state index in [-0.39, 0.29) is 6.61 Å². The van der Waals surface area contributed by atoms with Crippen molar-refractivity contribution in [1.29, 1.82) is 0 Å². The lowest BCUT2D eigenvalue weighted by Gasteiger charge is -2.41. The zero-order valence-corrected chi connectivity index (χ0v) is 17.6. The van der Waals surface area contributed by atoms with Crippen LogP contribution < -0.4 is 0 Å². The van der Waals surface area contributed by atoms with Crippen molar-refractivity contribution in [2.45, 2.75) is 32.5 Å². The average Bonchev–Trinajstić information content (AvgIpc) is 2.77. The lowest BCUT2D eigenvalue weighted by molar-refractivity contribution is 0.0499. The fourth-order valence-electron chi connectivity index (χ4n) is 4.21. The van der Waals surface area contributed by atoms with Gasteiger partial charge in [0.2, 0.25) is 0 Å². The minimum atomic E-state index is 0.220. The fourth-order valence-corrected chi connectivity index (χ4v) is 4.21. The molecule has 2 aromatic carbocycles. The SMILES string of the molecule is Cc1ccccc1-c1ncc(CN2CCN(Cc3ccccc3)[C@@H](CCO)C2)cn1. The summed E-state index contributed by atoms with van der Waals surface area (Å²) in [5.41, 5.74) is 4.73. The molecule has 1 saturated heterocycles. The van der Waals surface area contributed by atoms with Crippen LogP contribution in [0.2, 0.25) is 0 Å². The molecule has 5 nitrogen and oxygen atoms in total. The summed E-state index contributed by atoms with van der Waals surface area (Å²) in [5.74, 6) is 0.780. The van der Waals surface area contributed by atoms with Gasteiger partial charge in [-0.3, -0.25) is 9.80 Å². The van der Waals surface area contributed by atoms with Crippen LogP contribution in [-0.2, 0) is 13.1 Å². The first kappa shape index (κ1) is 20.7. The van der Waals surface area contributed by atoms with Gasteiger partial charge in [0, 0.05) is 68.9 Å². The molecule has 0 aliphatic carbocycles. The zero-order valence-electron chi connectivity index (χ0n) is 17.6. The van der Waals surface area contributed by atoms with Gasteiger partial charge in [-0.1, -0.05) is 54.6 Å². The maximum Gasteiger partial charge on any atom is 0.159 e. The Morgan fingerprint density at radius 3 is 2.37 bits per heavy atom. The lowest BCUT2D eigenvalue weighted by atomic mass is 10.1. The number of aromatic nitrogens is 2. The first-order valence-electron chi connectivity index (χ1n) is 10.7. The van der Waals surface area contributed by atoms with Crippen molar-refractivity contribution in [1.82, 2.24) is 19.8 Å². The highest BCUT2D eigenvalue weighted by atomic mass is 16.3. The van der Waals surface area contributed by atoms with Gasteiger partial charge < -0.3 is 5.11 Å². The van der Waals surface area contributed by atoms with Gasteiger partial charge in [-0.15, -0.1) is 0 Å². The van der Waals surface area contributed by atoms with E-state index in [2.05, 4.69) is 69.2 Å². The number of piperazine rings is 1. The van der Waals surface area contributed by atoms with Gasteiger partial charge in [0.05, 0.1) is 0 Å². The molecule has 1 fully saturated rings. The van der Waals surface area contributed by atoms with Crippen molar-refractivity contribution in [3.63, 3.8) is 0 Å². The van der Waals surface area contributed by atoms with Crippen LogP contribution in [0.1, 0.15) is 23.1 Å². The molecular formula is C25H30N4O. The normalized spacial score (nSPS) is 17.9. The van der Waals surface area contributed by atoms with Gasteiger partial charge in [0.15, 0.2) is 5.82 Å². The summed E-state index contributed by atoms with van der Waals surface area (Å²) in [7, 11) is 0. The number of hydrogen-bond acceptors (Lipinski definition) is 5. The monoisotopic (exact) mass is 402 g/mol. The van der Waals surface area contributed by atoms with Crippen LogP contribution in [0.25, 0.3) is 11.4 Å². The first-order chi connectivity index (χ1) is 14.7. The Kier molecular flexibility index (Phi) is 6.84. The molecular weight excluding hydrogens is 372 g/mol. The highest BCUT2D eigenvalue weighted by Gasteiger charge is 2.26. The van der Waals surface area contributed by atoms with Crippen molar-refractivity contribution < 1.29 is 5.11 Å². The molecule has 1 atom stereocenters. The summed E-state index contributed by atoms with van der Waals surface area (Å²) in [6, 6.07) is 19.2. The predicted molar refractivity (Wildman–Crippen MR) is 120 cm³/mol. The number of aliphatic hydroxyl groups excluding tert-OH is 1. The number of benzene rings is 2. The second-order valence-electron chi connectivity index (χ2n) is 8.09. The molecule has 5 heteroatoms. The fraction of sp³-hybridized carbons (Fsp3) is 0.360. The molecule has 0 saturated carbocycles. The molecule has 156 valence electrons. The molecule has 1 aliphatic rings. The van der Waals surface area contributed by atoms with E-state index in [4.69, 9.17) is 0 Å². The maximum absolute atomic E-state index is 9.57. The van der Waals surface area contributed by atoms with Crippen LogP contribution in [0.3, 0.4) is 0 Å². The molecule has 2 heterocycles.